The van der Waals surface area contributed by atoms with Gasteiger partial charge in [0.15, 0.2) is 6.17 Å². The summed E-state index contributed by atoms with van der Waals surface area (Å²) in [6.45, 7) is 1.69. The quantitative estimate of drug-likeness (QED) is 0.266. The van der Waals surface area contributed by atoms with Crippen LogP contribution >= 0.6 is 11.8 Å². The largest absolute Gasteiger partial charge is 0.512 e. The maximum absolute atomic E-state index is 12.5. The third-order valence-electron chi connectivity index (χ3n) is 4.61. The number of rotatable bonds is 5. The molecule has 2 aromatic rings. The number of imidazole rings is 1. The number of nitrogens with one attached hydrogen (secondary N) is 3. The van der Waals surface area contributed by atoms with Crippen molar-refractivity contribution in [2.24, 2.45) is 5.73 Å². The molecule has 1 unspecified atom stereocenters. The summed E-state index contributed by atoms with van der Waals surface area (Å²) in [4.78, 5) is 44.2. The number of ether oxygens (including phenoxy) is 1. The minimum atomic E-state index is -1.50. The monoisotopic (exact) mass is 418 g/mol. The van der Waals surface area contributed by atoms with Gasteiger partial charge >= 0.3 is 6.16 Å². The first-order valence-corrected chi connectivity index (χ1v) is 9.71. The number of aromatic amines is 1. The number of carbonyl (C=O) groups excluding carboxylic acids is 2. The Balaban J connectivity index is 1.40. The smallest absolute Gasteiger partial charge is 0.449 e. The molecule has 0 aliphatic carbocycles. The molecule has 0 radical (unpaired) electrons. The number of carbonyl (C=O) groups is 3. The zero-order chi connectivity index (χ0) is 20.7. The summed E-state index contributed by atoms with van der Waals surface area (Å²) in [5.41, 5.74) is 8.75. The highest BCUT2D eigenvalue weighted by Gasteiger charge is 2.53. The van der Waals surface area contributed by atoms with Crippen LogP contribution in [-0.4, -0.2) is 61.3 Å². The van der Waals surface area contributed by atoms with Crippen LogP contribution in [0.4, 0.5) is 10.5 Å². The van der Waals surface area contributed by atoms with Crippen LogP contribution in [0.5, 0.6) is 0 Å². The van der Waals surface area contributed by atoms with Crippen molar-refractivity contribution in [3.63, 3.8) is 0 Å². The molecule has 0 bridgehead atoms. The molecule has 29 heavy (non-hydrogen) atoms. The summed E-state index contributed by atoms with van der Waals surface area (Å²) in [5.74, 6) is -0.516. The molecule has 1 saturated heterocycles. The number of nitrogens with two attached hydrogens (primary N) is 1. The molecule has 2 amide bonds. The van der Waals surface area contributed by atoms with E-state index in [0.717, 1.165) is 11.0 Å². The molecule has 11 nitrogen and oxygen atoms in total. The van der Waals surface area contributed by atoms with Gasteiger partial charge in [-0.05, 0) is 30.7 Å². The number of amides is 2. The summed E-state index contributed by atoms with van der Waals surface area (Å²) < 4.78 is 4.75. The fraction of sp³-hybridized carbons (Fsp3) is 0.294. The summed E-state index contributed by atoms with van der Waals surface area (Å²) in [6.07, 6.45) is -1.02. The number of H-pyrrole nitrogens is 1. The number of aromatic nitrogens is 2. The zero-order valence-corrected chi connectivity index (χ0v) is 16.0. The molecule has 2 aliphatic rings. The van der Waals surface area contributed by atoms with E-state index in [1.165, 1.54) is 16.7 Å². The van der Waals surface area contributed by atoms with Crippen LogP contribution in [-0.2, 0) is 14.3 Å². The van der Waals surface area contributed by atoms with Crippen LogP contribution in [0.15, 0.2) is 36.0 Å². The van der Waals surface area contributed by atoms with Gasteiger partial charge in [-0.25, -0.2) is 9.78 Å². The maximum Gasteiger partial charge on any atom is 0.512 e. The Morgan fingerprint density at radius 2 is 2.28 bits per heavy atom. The van der Waals surface area contributed by atoms with Crippen molar-refractivity contribution in [2.45, 2.75) is 24.5 Å². The lowest BCUT2D eigenvalue weighted by atomic mass is 10.1. The molecule has 152 valence electrons. The number of hydrogen-bond donors (Lipinski definition) is 5. The number of thioether (sulfide) groups is 1. The Hall–Kier alpha value is -3.25. The highest BCUT2D eigenvalue weighted by molar-refractivity contribution is 8.00. The average Bonchev–Trinajstić information content (AvgIpc) is 3.14. The lowest BCUT2D eigenvalue weighted by Crippen LogP contribution is -2.71. The van der Waals surface area contributed by atoms with E-state index in [2.05, 4.69) is 20.6 Å². The first-order valence-electron chi connectivity index (χ1n) is 8.66. The summed E-state index contributed by atoms with van der Waals surface area (Å²) in [7, 11) is 0. The minimum Gasteiger partial charge on any atom is -0.449 e. The second kappa shape index (κ2) is 7.29. The highest BCUT2D eigenvalue weighted by Crippen LogP contribution is 2.40. The predicted octanol–water partition coefficient (Wildman–Crippen LogP) is 0.586. The number of nitrogens with zero attached hydrogens (tertiary/aromatic N) is 2. The second-order valence-corrected chi connectivity index (χ2v) is 7.71. The molecule has 2 aliphatic heterocycles. The van der Waals surface area contributed by atoms with E-state index in [0.29, 0.717) is 17.0 Å². The number of carboxylic acid groups (broad SMARTS) is 1. The van der Waals surface area contributed by atoms with Crippen molar-refractivity contribution in [2.75, 3.05) is 11.1 Å². The van der Waals surface area contributed by atoms with Crippen molar-refractivity contribution in [3.8, 4) is 0 Å². The third-order valence-corrected chi connectivity index (χ3v) is 6.03. The van der Waals surface area contributed by atoms with Gasteiger partial charge in [-0.15, -0.1) is 11.8 Å². The first kappa shape index (κ1) is 19.1. The van der Waals surface area contributed by atoms with E-state index in [-0.39, 0.29) is 5.88 Å². The van der Waals surface area contributed by atoms with Crippen LogP contribution in [0.3, 0.4) is 0 Å². The molecular formula is C17H18N6O5S. The number of benzene rings is 1. The van der Waals surface area contributed by atoms with Gasteiger partial charge in [0, 0.05) is 11.4 Å². The Kier molecular flexibility index (Phi) is 4.80. The molecule has 0 saturated carbocycles. The fourth-order valence-corrected chi connectivity index (χ4v) is 4.46. The van der Waals surface area contributed by atoms with Crippen molar-refractivity contribution in [1.82, 2.24) is 20.2 Å². The van der Waals surface area contributed by atoms with Gasteiger partial charge in [0.1, 0.15) is 11.4 Å². The van der Waals surface area contributed by atoms with Gasteiger partial charge in [0.2, 0.25) is 5.88 Å². The number of fused-ring (bicyclic) bond motifs is 2. The van der Waals surface area contributed by atoms with Crippen LogP contribution in [0.1, 0.15) is 6.92 Å². The molecule has 12 heteroatoms. The van der Waals surface area contributed by atoms with E-state index in [1.807, 2.05) is 0 Å². The highest BCUT2D eigenvalue weighted by atomic mass is 32.2. The topological polar surface area (TPSA) is 163 Å². The molecule has 0 spiro atoms. The van der Waals surface area contributed by atoms with Crippen molar-refractivity contribution in [1.29, 1.82) is 0 Å². The van der Waals surface area contributed by atoms with Gasteiger partial charge in [-0.1, -0.05) is 0 Å². The molecule has 6 N–H and O–H groups in total. The molecule has 4 rings (SSSR count). The third kappa shape index (κ3) is 3.47. The van der Waals surface area contributed by atoms with Gasteiger partial charge in [0.25, 0.3) is 11.8 Å². The Bertz CT molecular complexity index is 1040. The Morgan fingerprint density at radius 3 is 3.03 bits per heavy atom. The normalized spacial score (nSPS) is 22.0. The Labute approximate surface area is 168 Å². The standard InChI is InChI=1S/C17H18N6O5S/c1-7-5-29-16-11(14(25)23(16)15(7)28-17(26)27)22-13(24)12(18)21-8-2-3-9-10(4-8)20-6-19-9/h2-4,6,11-12,16,21H,5,18H2,1H3,(H,19,20)(H,22,24)(H,26,27)/t11?,12-,16+/m1/s1. The van der Waals surface area contributed by atoms with E-state index in [9.17, 15) is 14.4 Å². The molecule has 1 aromatic carbocycles. The van der Waals surface area contributed by atoms with E-state index >= 15 is 0 Å². The van der Waals surface area contributed by atoms with Crippen LogP contribution < -0.4 is 16.4 Å². The number of anilines is 1. The van der Waals surface area contributed by atoms with Gasteiger partial charge in [-0.2, -0.15) is 0 Å². The summed E-state index contributed by atoms with van der Waals surface area (Å²) in [6, 6.07) is 4.49. The van der Waals surface area contributed by atoms with Gasteiger partial charge < -0.3 is 31.2 Å². The Morgan fingerprint density at radius 1 is 1.48 bits per heavy atom. The van der Waals surface area contributed by atoms with Crippen molar-refractivity contribution < 1.29 is 24.2 Å². The van der Waals surface area contributed by atoms with Gasteiger partial charge in [-0.3, -0.25) is 14.5 Å². The lowest BCUT2D eigenvalue weighted by Gasteiger charge is -2.49. The lowest BCUT2D eigenvalue weighted by molar-refractivity contribution is -0.149. The molecule has 3 atom stereocenters. The average molecular weight is 418 g/mol. The van der Waals surface area contributed by atoms with E-state index in [4.69, 9.17) is 15.6 Å². The summed E-state index contributed by atoms with van der Waals surface area (Å²) >= 11 is 1.41. The molecule has 3 heterocycles. The first-order chi connectivity index (χ1) is 13.8. The zero-order valence-electron chi connectivity index (χ0n) is 15.2. The van der Waals surface area contributed by atoms with E-state index in [1.54, 1.807) is 31.5 Å². The van der Waals surface area contributed by atoms with Crippen LogP contribution in [0, 0.1) is 0 Å². The minimum absolute atomic E-state index is 0.00600. The fourth-order valence-electron chi connectivity index (χ4n) is 3.19. The predicted molar refractivity (Wildman–Crippen MR) is 105 cm³/mol. The second-order valence-electron chi connectivity index (χ2n) is 6.61. The molecular weight excluding hydrogens is 400 g/mol. The summed E-state index contributed by atoms with van der Waals surface area (Å²) in [5, 5.41) is 13.9. The maximum atomic E-state index is 12.5. The van der Waals surface area contributed by atoms with Crippen LogP contribution in [0.2, 0.25) is 0 Å². The van der Waals surface area contributed by atoms with Gasteiger partial charge in [0.05, 0.1) is 17.4 Å². The van der Waals surface area contributed by atoms with Crippen molar-refractivity contribution >= 4 is 46.5 Å². The van der Waals surface area contributed by atoms with Crippen molar-refractivity contribution in [3.05, 3.63) is 36.0 Å². The number of hydrogen-bond acceptors (Lipinski definition) is 8. The molecule has 1 aromatic heterocycles. The van der Waals surface area contributed by atoms with Crippen LogP contribution in [0.25, 0.3) is 11.0 Å². The SMILES string of the molecule is CC1=C(OC(=O)O)N2C(=O)C(NC(=O)[C@H](N)Nc3ccc4[nH]cnc4c3)[C@@H]2SC1. The van der Waals surface area contributed by atoms with E-state index < -0.39 is 35.6 Å². The number of β-lactam (4-membered cyclic amide) rings is 1. The molecule has 1 fully saturated rings.